The number of nitro groups is 1. The van der Waals surface area contributed by atoms with Crippen molar-refractivity contribution in [3.05, 3.63) is 39.9 Å². The second kappa shape index (κ2) is 4.85. The predicted octanol–water partition coefficient (Wildman–Crippen LogP) is 0.446. The van der Waals surface area contributed by atoms with Gasteiger partial charge in [-0.2, -0.15) is 0 Å². The van der Waals surface area contributed by atoms with Crippen LogP contribution in [0.15, 0.2) is 24.3 Å². The van der Waals surface area contributed by atoms with Crippen LogP contribution in [0.5, 0.6) is 0 Å². The lowest BCUT2D eigenvalue weighted by Crippen LogP contribution is -2.41. The Hall–Kier alpha value is -2.97. The molecule has 0 spiro atoms. The summed E-state index contributed by atoms with van der Waals surface area (Å²) in [5.41, 5.74) is -1.55. The molecule has 0 bridgehead atoms. The van der Waals surface area contributed by atoms with Crippen molar-refractivity contribution in [2.45, 2.75) is 12.5 Å². The van der Waals surface area contributed by atoms with E-state index in [-0.39, 0.29) is 11.3 Å². The minimum Gasteiger partial charge on any atom is -0.480 e. The van der Waals surface area contributed by atoms with Gasteiger partial charge in [0.05, 0.1) is 4.92 Å². The fourth-order valence-corrected chi connectivity index (χ4v) is 2.10. The van der Waals surface area contributed by atoms with Gasteiger partial charge in [-0.15, -0.1) is 0 Å². The number of carboxylic acids is 1. The summed E-state index contributed by atoms with van der Waals surface area (Å²) >= 11 is 0. The molecule has 9 nitrogen and oxygen atoms in total. The van der Waals surface area contributed by atoms with E-state index in [9.17, 15) is 24.5 Å². The van der Waals surface area contributed by atoms with Gasteiger partial charge < -0.3 is 10.4 Å². The number of nitrogens with one attached hydrogen (secondary N) is 1. The van der Waals surface area contributed by atoms with Crippen molar-refractivity contribution in [3.8, 4) is 0 Å². The summed E-state index contributed by atoms with van der Waals surface area (Å²) in [7, 11) is 0. The van der Waals surface area contributed by atoms with Crippen molar-refractivity contribution in [2.75, 3.05) is 6.54 Å². The monoisotopic (exact) mass is 293 g/mol. The first-order valence-electron chi connectivity index (χ1n) is 5.86. The lowest BCUT2D eigenvalue weighted by molar-refractivity contribution is -0.385. The number of urea groups is 1. The van der Waals surface area contributed by atoms with Crippen LogP contribution in [-0.4, -0.2) is 39.4 Å². The smallest absolute Gasteiger partial charge is 0.325 e. The van der Waals surface area contributed by atoms with Crippen LogP contribution >= 0.6 is 0 Å². The second-order valence-corrected chi connectivity index (χ2v) is 4.65. The number of aliphatic carboxylic acids is 1. The van der Waals surface area contributed by atoms with Crippen LogP contribution in [0.2, 0.25) is 0 Å². The van der Waals surface area contributed by atoms with Crippen molar-refractivity contribution >= 4 is 23.6 Å². The largest absolute Gasteiger partial charge is 0.480 e. The highest BCUT2D eigenvalue weighted by Gasteiger charge is 2.49. The molecule has 0 saturated carbocycles. The second-order valence-electron chi connectivity index (χ2n) is 4.65. The van der Waals surface area contributed by atoms with Gasteiger partial charge in [0.2, 0.25) is 0 Å². The lowest BCUT2D eigenvalue weighted by Gasteiger charge is -2.21. The molecule has 1 unspecified atom stereocenters. The molecule has 1 heterocycles. The van der Waals surface area contributed by atoms with Crippen LogP contribution in [0, 0.1) is 10.1 Å². The molecule has 1 aliphatic rings. The third-order valence-corrected chi connectivity index (χ3v) is 3.20. The Kier molecular flexibility index (Phi) is 3.34. The van der Waals surface area contributed by atoms with Crippen molar-refractivity contribution in [1.29, 1.82) is 0 Å². The zero-order valence-corrected chi connectivity index (χ0v) is 10.9. The molecule has 2 rings (SSSR count). The number of rotatable bonds is 4. The summed E-state index contributed by atoms with van der Waals surface area (Å²) in [4.78, 5) is 45.4. The number of nitro benzene ring substituents is 1. The number of non-ortho nitro benzene ring substituents is 1. The topological polar surface area (TPSA) is 130 Å². The average Bonchev–Trinajstić information content (AvgIpc) is 2.63. The van der Waals surface area contributed by atoms with Crippen LogP contribution in [-0.2, 0) is 15.1 Å². The fourth-order valence-electron chi connectivity index (χ4n) is 2.10. The van der Waals surface area contributed by atoms with Gasteiger partial charge in [0.1, 0.15) is 12.1 Å². The maximum atomic E-state index is 12.3. The number of carboxylic acid groups (broad SMARTS) is 1. The number of carbonyl (C=O) groups is 3. The molecule has 3 amide bonds. The van der Waals surface area contributed by atoms with Crippen molar-refractivity contribution in [1.82, 2.24) is 10.2 Å². The number of imide groups is 1. The number of carbonyl (C=O) groups excluding carboxylic acids is 2. The van der Waals surface area contributed by atoms with Crippen LogP contribution < -0.4 is 5.32 Å². The maximum absolute atomic E-state index is 12.3. The Morgan fingerprint density at radius 3 is 2.71 bits per heavy atom. The summed E-state index contributed by atoms with van der Waals surface area (Å²) < 4.78 is 0. The van der Waals surface area contributed by atoms with Gasteiger partial charge in [0.15, 0.2) is 0 Å². The normalized spacial score (nSPS) is 21.3. The summed E-state index contributed by atoms with van der Waals surface area (Å²) in [6.07, 6.45) is 0. The van der Waals surface area contributed by atoms with Crippen LogP contribution in [0.1, 0.15) is 12.5 Å². The Balaban J connectivity index is 2.41. The number of hydrogen-bond acceptors (Lipinski definition) is 5. The zero-order valence-electron chi connectivity index (χ0n) is 10.9. The first kappa shape index (κ1) is 14.4. The summed E-state index contributed by atoms with van der Waals surface area (Å²) in [5.74, 6) is -2.10. The van der Waals surface area contributed by atoms with E-state index >= 15 is 0 Å². The molecule has 1 aromatic rings. The van der Waals surface area contributed by atoms with E-state index in [1.54, 1.807) is 0 Å². The Bertz CT molecular complexity index is 658. The van der Waals surface area contributed by atoms with E-state index in [0.717, 1.165) is 0 Å². The highest BCUT2D eigenvalue weighted by atomic mass is 16.6. The van der Waals surface area contributed by atoms with Gasteiger partial charge in [-0.25, -0.2) is 4.79 Å². The third-order valence-electron chi connectivity index (χ3n) is 3.20. The Morgan fingerprint density at radius 2 is 2.14 bits per heavy atom. The van der Waals surface area contributed by atoms with Gasteiger partial charge in [0, 0.05) is 12.1 Å². The molecule has 110 valence electrons. The predicted molar refractivity (Wildman–Crippen MR) is 68.3 cm³/mol. The number of benzene rings is 1. The highest BCUT2D eigenvalue weighted by Crippen LogP contribution is 2.30. The number of nitrogens with zero attached hydrogens (tertiary/aromatic N) is 2. The average molecular weight is 293 g/mol. The molecule has 0 aliphatic carbocycles. The van der Waals surface area contributed by atoms with Crippen LogP contribution in [0.3, 0.4) is 0 Å². The first-order chi connectivity index (χ1) is 9.75. The number of amides is 3. The SMILES string of the molecule is CC1(c2cccc([N+](=O)[O-])c2)NC(=O)N(CC(=O)O)C1=O. The lowest BCUT2D eigenvalue weighted by atomic mass is 9.91. The Morgan fingerprint density at radius 1 is 1.48 bits per heavy atom. The van der Waals surface area contributed by atoms with Gasteiger partial charge >= 0.3 is 12.0 Å². The third kappa shape index (κ3) is 2.40. The molecule has 1 atom stereocenters. The Labute approximate surface area is 118 Å². The molecular formula is C12H11N3O6. The zero-order chi connectivity index (χ0) is 15.8. The van der Waals surface area contributed by atoms with Crippen molar-refractivity contribution < 1.29 is 24.4 Å². The van der Waals surface area contributed by atoms with E-state index in [4.69, 9.17) is 5.11 Å². The van der Waals surface area contributed by atoms with Gasteiger partial charge in [-0.3, -0.25) is 24.6 Å². The minimum atomic E-state index is -1.53. The molecule has 9 heteroatoms. The van der Waals surface area contributed by atoms with Gasteiger partial charge in [0.25, 0.3) is 11.6 Å². The number of hydrogen-bond donors (Lipinski definition) is 2. The van der Waals surface area contributed by atoms with E-state index in [1.165, 1.54) is 31.2 Å². The van der Waals surface area contributed by atoms with Crippen molar-refractivity contribution in [3.63, 3.8) is 0 Å². The standard InChI is InChI=1S/C12H11N3O6/c1-12(7-3-2-4-8(5-7)15(20)21)10(18)14(6-9(16)17)11(19)13-12/h2-5H,6H2,1H3,(H,13,19)(H,16,17). The quantitative estimate of drug-likeness (QED) is 0.471. The molecule has 0 aromatic heterocycles. The molecule has 1 aromatic carbocycles. The van der Waals surface area contributed by atoms with E-state index in [1.807, 2.05) is 0 Å². The summed E-state index contributed by atoms with van der Waals surface area (Å²) in [5, 5.41) is 21.8. The van der Waals surface area contributed by atoms with Crippen LogP contribution in [0.4, 0.5) is 10.5 Å². The first-order valence-corrected chi connectivity index (χ1v) is 5.86. The van der Waals surface area contributed by atoms with E-state index in [0.29, 0.717) is 4.90 Å². The summed E-state index contributed by atoms with van der Waals surface area (Å²) in [6.45, 7) is 0.601. The minimum absolute atomic E-state index is 0.211. The molecule has 1 saturated heterocycles. The maximum Gasteiger partial charge on any atom is 0.325 e. The van der Waals surface area contributed by atoms with Crippen molar-refractivity contribution in [2.24, 2.45) is 0 Å². The fraction of sp³-hybridized carbons (Fsp3) is 0.250. The molecule has 1 aliphatic heterocycles. The van der Waals surface area contributed by atoms with Crippen LogP contribution in [0.25, 0.3) is 0 Å². The highest BCUT2D eigenvalue weighted by molar-refractivity contribution is 6.08. The summed E-state index contributed by atoms with van der Waals surface area (Å²) in [6, 6.07) is 4.41. The molecular weight excluding hydrogens is 282 g/mol. The van der Waals surface area contributed by atoms with Gasteiger partial charge in [-0.05, 0) is 12.5 Å². The molecule has 21 heavy (non-hydrogen) atoms. The molecule has 1 fully saturated rings. The molecule has 0 radical (unpaired) electrons. The van der Waals surface area contributed by atoms with E-state index in [2.05, 4.69) is 5.32 Å². The molecule has 2 N–H and O–H groups in total. The van der Waals surface area contributed by atoms with E-state index < -0.39 is 34.9 Å². The van der Waals surface area contributed by atoms with Gasteiger partial charge in [-0.1, -0.05) is 12.1 Å².